The summed E-state index contributed by atoms with van der Waals surface area (Å²) < 4.78 is 114. The Morgan fingerprint density at radius 1 is 0.528 bits per heavy atom. The zero-order valence-corrected chi connectivity index (χ0v) is 29.9. The number of ether oxygens (including phenoxy) is 3. The molecule has 0 heterocycles. The molecule has 0 aliphatic rings. The van der Waals surface area contributed by atoms with Crippen LogP contribution < -0.4 is 14.2 Å². The molecule has 0 radical (unpaired) electrons. The minimum absolute atomic E-state index is 0.0761. The highest BCUT2D eigenvalue weighted by atomic mass is 19.4. The third-order valence-electron chi connectivity index (χ3n) is 9.18. The average Bonchev–Trinajstić information content (AvgIpc) is 3.14. The molecule has 1 unspecified atom stereocenters. The summed E-state index contributed by atoms with van der Waals surface area (Å²) in [6.07, 6.45) is 0.859. The molecule has 0 aliphatic heterocycles. The van der Waals surface area contributed by atoms with Crippen molar-refractivity contribution in [3.63, 3.8) is 0 Å². The van der Waals surface area contributed by atoms with Crippen molar-refractivity contribution in [1.29, 1.82) is 0 Å². The van der Waals surface area contributed by atoms with E-state index >= 15 is 0 Å². The number of benzene rings is 4. The molecule has 0 amide bonds. The van der Waals surface area contributed by atoms with Gasteiger partial charge in [0.1, 0.15) is 11.5 Å². The summed E-state index contributed by atoms with van der Waals surface area (Å²) in [7, 11) is 0. The van der Waals surface area contributed by atoms with E-state index in [9.17, 15) is 35.8 Å². The van der Waals surface area contributed by atoms with Crippen molar-refractivity contribution in [2.24, 2.45) is 5.92 Å². The van der Waals surface area contributed by atoms with Crippen LogP contribution in [0.3, 0.4) is 0 Å². The minimum atomic E-state index is -4.24. The molecule has 1 atom stereocenters. The molecule has 0 saturated heterocycles. The van der Waals surface area contributed by atoms with Gasteiger partial charge in [-0.2, -0.15) is 22.0 Å². The highest BCUT2D eigenvalue weighted by molar-refractivity contribution is 5.34. The van der Waals surface area contributed by atoms with Gasteiger partial charge in [0.15, 0.2) is 23.1 Å². The molecule has 53 heavy (non-hydrogen) atoms. The molecule has 0 spiro atoms. The Balaban J connectivity index is 1.06. The van der Waals surface area contributed by atoms with Crippen molar-refractivity contribution in [2.75, 3.05) is 19.8 Å². The van der Waals surface area contributed by atoms with Crippen LogP contribution in [-0.2, 0) is 25.7 Å². The van der Waals surface area contributed by atoms with Gasteiger partial charge in [0.2, 0.25) is 11.6 Å². The Hall–Kier alpha value is -4.41. The maximum absolute atomic E-state index is 14.4. The van der Waals surface area contributed by atoms with Crippen LogP contribution >= 0.6 is 0 Å². The number of phenols is 1. The van der Waals surface area contributed by atoms with E-state index in [1.165, 1.54) is 18.2 Å². The molecule has 0 saturated carbocycles. The molecule has 4 rings (SSSR count). The third-order valence-corrected chi connectivity index (χ3v) is 9.18. The fourth-order valence-electron chi connectivity index (χ4n) is 6.06. The van der Waals surface area contributed by atoms with Crippen molar-refractivity contribution < 1.29 is 50.1 Å². The van der Waals surface area contributed by atoms with E-state index in [4.69, 9.17) is 14.2 Å². The van der Waals surface area contributed by atoms with E-state index in [1.807, 2.05) is 24.3 Å². The maximum atomic E-state index is 14.4. The van der Waals surface area contributed by atoms with Gasteiger partial charge in [-0.1, -0.05) is 62.1 Å². The van der Waals surface area contributed by atoms with Crippen molar-refractivity contribution >= 4 is 0 Å². The second kappa shape index (κ2) is 20.7. The number of alkyl halides is 3. The van der Waals surface area contributed by atoms with Crippen LogP contribution in [0.1, 0.15) is 80.5 Å². The SMILES string of the molecule is CCOc1ccc(CCc2ccc(OCCCCCC(CCCCCOc3ccc(CCc4ccc(O)c(F)c4F)cc3)C(F)(F)F)cc2)c(F)c1F. The Labute approximate surface area is 306 Å². The first-order valence-corrected chi connectivity index (χ1v) is 18.2. The van der Waals surface area contributed by atoms with Crippen LogP contribution in [0.2, 0.25) is 0 Å². The lowest BCUT2D eigenvalue weighted by molar-refractivity contribution is -0.178. The number of unbranched alkanes of at least 4 members (excludes halogenated alkanes) is 4. The second-order valence-electron chi connectivity index (χ2n) is 13.1. The highest BCUT2D eigenvalue weighted by Gasteiger charge is 2.38. The summed E-state index contributed by atoms with van der Waals surface area (Å²) in [5.74, 6) is -5.09. The zero-order valence-electron chi connectivity index (χ0n) is 29.9. The van der Waals surface area contributed by atoms with Gasteiger partial charge in [0, 0.05) is 0 Å². The molecule has 0 fully saturated rings. The first kappa shape index (κ1) is 41.3. The molecule has 4 nitrogen and oxygen atoms in total. The minimum Gasteiger partial charge on any atom is -0.505 e. The molecule has 0 aromatic heterocycles. The predicted molar refractivity (Wildman–Crippen MR) is 191 cm³/mol. The van der Waals surface area contributed by atoms with E-state index in [0.29, 0.717) is 82.5 Å². The lowest BCUT2D eigenvalue weighted by atomic mass is 9.94. The second-order valence-corrected chi connectivity index (χ2v) is 13.1. The normalized spacial score (nSPS) is 12.2. The Bertz CT molecular complexity index is 1690. The van der Waals surface area contributed by atoms with Gasteiger partial charge in [0.05, 0.1) is 25.7 Å². The topological polar surface area (TPSA) is 47.9 Å². The zero-order chi connectivity index (χ0) is 38.2. The van der Waals surface area contributed by atoms with Gasteiger partial charge in [-0.3, -0.25) is 0 Å². The molecule has 288 valence electrons. The monoisotopic (exact) mass is 748 g/mol. The number of phenolic OH excluding ortho intramolecular Hbond substituents is 1. The lowest BCUT2D eigenvalue weighted by Gasteiger charge is -2.20. The molecular formula is C42H47F7O4. The molecule has 4 aromatic carbocycles. The summed E-state index contributed by atoms with van der Waals surface area (Å²) in [4.78, 5) is 0. The largest absolute Gasteiger partial charge is 0.505 e. The number of rotatable bonds is 22. The van der Waals surface area contributed by atoms with Gasteiger partial charge in [-0.25, -0.2) is 8.78 Å². The summed E-state index contributed by atoms with van der Waals surface area (Å²) >= 11 is 0. The van der Waals surface area contributed by atoms with Crippen molar-refractivity contribution in [3.05, 3.63) is 118 Å². The average molecular weight is 749 g/mol. The number of hydrogen-bond acceptors (Lipinski definition) is 4. The molecular weight excluding hydrogens is 701 g/mol. The first-order valence-electron chi connectivity index (χ1n) is 18.2. The van der Waals surface area contributed by atoms with Crippen LogP contribution in [0.15, 0.2) is 72.8 Å². The van der Waals surface area contributed by atoms with Gasteiger partial charge in [-0.15, -0.1) is 0 Å². The Morgan fingerprint density at radius 3 is 1.47 bits per heavy atom. The number of aromatic hydroxyl groups is 1. The van der Waals surface area contributed by atoms with Crippen LogP contribution in [-0.4, -0.2) is 31.1 Å². The number of hydrogen-bond donors (Lipinski definition) is 1. The van der Waals surface area contributed by atoms with Crippen LogP contribution in [0.5, 0.6) is 23.0 Å². The van der Waals surface area contributed by atoms with E-state index in [2.05, 4.69) is 0 Å². The summed E-state index contributed by atoms with van der Waals surface area (Å²) in [5.41, 5.74) is 2.28. The van der Waals surface area contributed by atoms with Crippen molar-refractivity contribution in [2.45, 2.75) is 90.1 Å². The van der Waals surface area contributed by atoms with Gasteiger partial charge >= 0.3 is 6.18 Å². The number of halogens is 7. The highest BCUT2D eigenvalue weighted by Crippen LogP contribution is 2.34. The van der Waals surface area contributed by atoms with Crippen LogP contribution in [0.4, 0.5) is 30.7 Å². The Kier molecular flexibility index (Phi) is 16.2. The van der Waals surface area contributed by atoms with E-state index in [0.717, 1.165) is 17.2 Å². The summed E-state index contributed by atoms with van der Waals surface area (Å²) in [5, 5.41) is 9.26. The van der Waals surface area contributed by atoms with E-state index < -0.39 is 41.1 Å². The number of aryl methyl sites for hydroxylation is 4. The first-order chi connectivity index (χ1) is 25.5. The van der Waals surface area contributed by atoms with Gasteiger partial charge in [0.25, 0.3) is 0 Å². The molecule has 4 aromatic rings. The smallest absolute Gasteiger partial charge is 0.391 e. The fourth-order valence-corrected chi connectivity index (χ4v) is 6.06. The fraction of sp³-hybridized carbons (Fsp3) is 0.429. The van der Waals surface area contributed by atoms with E-state index in [1.54, 1.807) is 31.2 Å². The molecule has 1 N–H and O–H groups in total. The predicted octanol–water partition coefficient (Wildman–Crippen LogP) is 11.7. The van der Waals surface area contributed by atoms with Crippen molar-refractivity contribution in [1.82, 2.24) is 0 Å². The third kappa shape index (κ3) is 13.2. The van der Waals surface area contributed by atoms with Gasteiger partial charge < -0.3 is 19.3 Å². The summed E-state index contributed by atoms with van der Waals surface area (Å²) in [6.45, 7) is 2.71. The summed E-state index contributed by atoms with van der Waals surface area (Å²) in [6, 6.07) is 19.9. The quantitative estimate of drug-likeness (QED) is 0.0642. The standard InChI is InChI=1S/C42H47F7O4/c1-2-51-37-26-20-32(39(44)41(37)46)18-12-30-15-23-35(24-16-30)53-28-8-4-6-10-33(42(47,48)49)9-5-3-7-27-52-34-21-13-29(14-22-34)11-17-31-19-25-36(50)40(45)38(31)43/h13-16,19-26,33,50H,2-12,17-18,27-28H2,1H3. The Morgan fingerprint density at radius 2 is 1.00 bits per heavy atom. The molecule has 11 heteroatoms. The lowest BCUT2D eigenvalue weighted by Crippen LogP contribution is -2.23. The van der Waals surface area contributed by atoms with Crippen LogP contribution in [0, 0.1) is 29.2 Å². The van der Waals surface area contributed by atoms with Crippen molar-refractivity contribution in [3.8, 4) is 23.0 Å². The van der Waals surface area contributed by atoms with E-state index in [-0.39, 0.29) is 42.7 Å². The van der Waals surface area contributed by atoms with Crippen LogP contribution in [0.25, 0.3) is 0 Å². The molecule has 0 aliphatic carbocycles. The van der Waals surface area contributed by atoms with Gasteiger partial charge in [-0.05, 0) is 117 Å². The molecule has 0 bridgehead atoms. The maximum Gasteiger partial charge on any atom is 0.391 e.